The Bertz CT molecular complexity index is 629. The maximum atomic E-state index is 5.86. The molecule has 0 saturated carbocycles. The summed E-state index contributed by atoms with van der Waals surface area (Å²) in [6, 6.07) is 13.1. The molecule has 5 heteroatoms. The number of hydrogen-bond acceptors (Lipinski definition) is 3. The number of ether oxygens (including phenoxy) is 2. The van der Waals surface area contributed by atoms with E-state index in [9.17, 15) is 0 Å². The highest BCUT2D eigenvalue weighted by molar-refractivity contribution is 9.10. The molecule has 0 atom stereocenters. The Hall–Kier alpha value is -1.59. The van der Waals surface area contributed by atoms with E-state index in [1.807, 2.05) is 42.5 Å². The molecule has 2 aromatic carbocycles. The highest BCUT2D eigenvalue weighted by Gasteiger charge is 2.11. The molecule has 0 unspecified atom stereocenters. The second-order valence-electron chi connectivity index (χ2n) is 4.40. The third kappa shape index (κ3) is 4.19. The Kier molecular flexibility index (Phi) is 5.59. The number of halogens is 1. The maximum Gasteiger partial charge on any atom is 0.138 e. The van der Waals surface area contributed by atoms with Gasteiger partial charge < -0.3 is 15.2 Å². The highest BCUT2D eigenvalue weighted by Crippen LogP contribution is 2.31. The minimum absolute atomic E-state index is 0.292. The fourth-order valence-corrected chi connectivity index (χ4v) is 2.68. The van der Waals surface area contributed by atoms with Crippen LogP contribution in [-0.2, 0) is 0 Å². The molecule has 110 valence electrons. The van der Waals surface area contributed by atoms with Gasteiger partial charge in [-0.05, 0) is 58.7 Å². The summed E-state index contributed by atoms with van der Waals surface area (Å²) in [6.07, 6.45) is 0.980. The van der Waals surface area contributed by atoms with E-state index in [1.165, 1.54) is 0 Å². The molecule has 0 heterocycles. The monoisotopic (exact) mass is 365 g/mol. The van der Waals surface area contributed by atoms with E-state index in [4.69, 9.17) is 27.4 Å². The predicted molar refractivity (Wildman–Crippen MR) is 92.3 cm³/mol. The molecule has 0 saturated heterocycles. The number of thiocarbonyl (C=S) groups is 1. The van der Waals surface area contributed by atoms with Gasteiger partial charge in [-0.1, -0.05) is 25.2 Å². The van der Waals surface area contributed by atoms with Gasteiger partial charge in [0.2, 0.25) is 0 Å². The van der Waals surface area contributed by atoms with E-state index in [0.717, 1.165) is 16.6 Å². The lowest BCUT2D eigenvalue weighted by Crippen LogP contribution is -2.11. The van der Waals surface area contributed by atoms with Gasteiger partial charge in [-0.15, -0.1) is 0 Å². The Morgan fingerprint density at radius 2 is 1.81 bits per heavy atom. The van der Waals surface area contributed by atoms with Crippen LogP contribution in [0.1, 0.15) is 18.9 Å². The van der Waals surface area contributed by atoms with Crippen LogP contribution < -0.4 is 15.2 Å². The quantitative estimate of drug-likeness (QED) is 0.755. The first-order valence-corrected chi connectivity index (χ1v) is 7.81. The molecule has 0 aromatic heterocycles. The van der Waals surface area contributed by atoms with Crippen molar-refractivity contribution in [3.05, 3.63) is 52.5 Å². The molecule has 21 heavy (non-hydrogen) atoms. The van der Waals surface area contributed by atoms with Crippen LogP contribution >= 0.6 is 28.1 Å². The summed E-state index contributed by atoms with van der Waals surface area (Å²) in [5, 5.41) is 0. The van der Waals surface area contributed by atoms with Gasteiger partial charge in [-0.2, -0.15) is 0 Å². The zero-order chi connectivity index (χ0) is 15.2. The first-order chi connectivity index (χ1) is 10.1. The van der Waals surface area contributed by atoms with Crippen molar-refractivity contribution < 1.29 is 9.47 Å². The van der Waals surface area contributed by atoms with Crippen molar-refractivity contribution in [3.63, 3.8) is 0 Å². The summed E-state index contributed by atoms with van der Waals surface area (Å²) in [5.74, 6) is 2.15. The molecule has 0 radical (unpaired) electrons. The average Bonchev–Trinajstić information content (AvgIpc) is 2.46. The van der Waals surface area contributed by atoms with Crippen LogP contribution in [0.3, 0.4) is 0 Å². The third-order valence-electron chi connectivity index (χ3n) is 2.75. The van der Waals surface area contributed by atoms with Crippen LogP contribution in [0.25, 0.3) is 0 Å². The summed E-state index contributed by atoms with van der Waals surface area (Å²) < 4.78 is 12.2. The van der Waals surface area contributed by atoms with Gasteiger partial charge in [-0.3, -0.25) is 0 Å². The van der Waals surface area contributed by atoms with Crippen molar-refractivity contribution in [2.75, 3.05) is 6.61 Å². The Balaban J connectivity index is 2.19. The van der Waals surface area contributed by atoms with Crippen LogP contribution in [-0.4, -0.2) is 11.6 Å². The van der Waals surface area contributed by atoms with Crippen LogP contribution in [0, 0.1) is 0 Å². The molecule has 2 N–H and O–H groups in total. The molecule has 0 aliphatic rings. The smallest absolute Gasteiger partial charge is 0.138 e. The minimum atomic E-state index is 0.292. The summed E-state index contributed by atoms with van der Waals surface area (Å²) in [6.45, 7) is 2.78. The van der Waals surface area contributed by atoms with Crippen LogP contribution in [0.5, 0.6) is 17.2 Å². The summed E-state index contributed by atoms with van der Waals surface area (Å²) in [5.41, 5.74) is 6.44. The summed E-state index contributed by atoms with van der Waals surface area (Å²) in [4.78, 5) is 0.292. The minimum Gasteiger partial charge on any atom is -0.494 e. The molecule has 0 amide bonds. The van der Waals surface area contributed by atoms with Crippen molar-refractivity contribution in [1.82, 2.24) is 0 Å². The molecule has 3 nitrogen and oxygen atoms in total. The van der Waals surface area contributed by atoms with E-state index < -0.39 is 0 Å². The second-order valence-corrected chi connectivity index (χ2v) is 5.69. The van der Waals surface area contributed by atoms with Crippen molar-refractivity contribution in [1.29, 1.82) is 0 Å². The molecule has 0 fully saturated rings. The Morgan fingerprint density at radius 3 is 2.43 bits per heavy atom. The molecule has 0 bridgehead atoms. The fourth-order valence-electron chi connectivity index (χ4n) is 1.78. The van der Waals surface area contributed by atoms with E-state index in [1.54, 1.807) is 0 Å². The predicted octanol–water partition coefficient (Wildman–Crippen LogP) is 4.66. The van der Waals surface area contributed by atoms with E-state index in [0.29, 0.717) is 28.7 Å². The largest absolute Gasteiger partial charge is 0.494 e. The average molecular weight is 366 g/mol. The van der Waals surface area contributed by atoms with Crippen molar-refractivity contribution in [2.45, 2.75) is 13.3 Å². The molecule has 0 aliphatic carbocycles. The molecular weight excluding hydrogens is 350 g/mol. The van der Waals surface area contributed by atoms with E-state index in [2.05, 4.69) is 22.9 Å². The van der Waals surface area contributed by atoms with Crippen LogP contribution in [0.4, 0.5) is 0 Å². The topological polar surface area (TPSA) is 44.5 Å². The van der Waals surface area contributed by atoms with Crippen molar-refractivity contribution >= 4 is 33.1 Å². The SMILES string of the molecule is CCCOc1ccc(Oc2cccc(Br)c2C(N)=S)cc1. The van der Waals surface area contributed by atoms with Crippen LogP contribution in [0.2, 0.25) is 0 Å². The van der Waals surface area contributed by atoms with Crippen LogP contribution in [0.15, 0.2) is 46.9 Å². The standard InChI is InChI=1S/C16H16BrNO2S/c1-2-10-19-11-6-8-12(9-7-11)20-14-5-3-4-13(17)15(14)16(18)21/h3-9H,2,10H2,1H3,(H2,18,21). The van der Waals surface area contributed by atoms with Gasteiger partial charge in [0.25, 0.3) is 0 Å². The normalized spacial score (nSPS) is 10.2. The maximum absolute atomic E-state index is 5.86. The Morgan fingerprint density at radius 1 is 1.14 bits per heavy atom. The highest BCUT2D eigenvalue weighted by atomic mass is 79.9. The molecule has 2 rings (SSSR count). The van der Waals surface area contributed by atoms with Crippen molar-refractivity contribution in [3.8, 4) is 17.2 Å². The van der Waals surface area contributed by atoms with Gasteiger partial charge in [0, 0.05) is 4.47 Å². The zero-order valence-electron chi connectivity index (χ0n) is 11.6. The fraction of sp³-hybridized carbons (Fsp3) is 0.188. The van der Waals surface area contributed by atoms with Gasteiger partial charge in [0.1, 0.15) is 22.2 Å². The van der Waals surface area contributed by atoms with Gasteiger partial charge in [-0.25, -0.2) is 0 Å². The molecule has 0 spiro atoms. The van der Waals surface area contributed by atoms with Gasteiger partial charge >= 0.3 is 0 Å². The van der Waals surface area contributed by atoms with E-state index >= 15 is 0 Å². The number of nitrogens with two attached hydrogens (primary N) is 1. The van der Waals surface area contributed by atoms with E-state index in [-0.39, 0.29) is 0 Å². The second kappa shape index (κ2) is 7.43. The lowest BCUT2D eigenvalue weighted by molar-refractivity contribution is 0.317. The Labute approximate surface area is 138 Å². The molecule has 0 aliphatic heterocycles. The lowest BCUT2D eigenvalue weighted by atomic mass is 10.2. The van der Waals surface area contributed by atoms with Crippen molar-refractivity contribution in [2.24, 2.45) is 5.73 Å². The third-order valence-corrected chi connectivity index (χ3v) is 3.61. The zero-order valence-corrected chi connectivity index (χ0v) is 14.0. The molecule has 2 aromatic rings. The summed E-state index contributed by atoms with van der Waals surface area (Å²) in [7, 11) is 0. The van der Waals surface area contributed by atoms with Gasteiger partial charge in [0.05, 0.1) is 12.2 Å². The molecular formula is C16H16BrNO2S. The first kappa shape index (κ1) is 15.8. The van der Waals surface area contributed by atoms with Gasteiger partial charge in [0.15, 0.2) is 0 Å². The summed E-state index contributed by atoms with van der Waals surface area (Å²) >= 11 is 8.50. The number of hydrogen-bond donors (Lipinski definition) is 1. The number of benzene rings is 2. The first-order valence-electron chi connectivity index (χ1n) is 6.61. The lowest BCUT2D eigenvalue weighted by Gasteiger charge is -2.12. The number of rotatable bonds is 6.